The zero-order chi connectivity index (χ0) is 25.7. The third-order valence-electron chi connectivity index (χ3n) is 7.55. The highest BCUT2D eigenvalue weighted by Gasteiger charge is 2.50. The highest BCUT2D eigenvalue weighted by molar-refractivity contribution is 6.10. The first-order valence-electron chi connectivity index (χ1n) is 12.6. The van der Waals surface area contributed by atoms with Crippen LogP contribution < -0.4 is 10.6 Å². The van der Waals surface area contributed by atoms with E-state index < -0.39 is 5.41 Å². The monoisotopic (exact) mass is 499 g/mol. The van der Waals surface area contributed by atoms with Gasteiger partial charge in [-0.25, -0.2) is 4.98 Å². The van der Waals surface area contributed by atoms with Crippen molar-refractivity contribution in [2.24, 2.45) is 5.41 Å². The third kappa shape index (κ3) is 4.19. The molecule has 2 aromatic heterocycles. The molecule has 37 heavy (non-hydrogen) atoms. The summed E-state index contributed by atoms with van der Waals surface area (Å²) in [4.78, 5) is 48.6. The van der Waals surface area contributed by atoms with Gasteiger partial charge in [0.15, 0.2) is 5.78 Å². The Kier molecular flexibility index (Phi) is 5.60. The summed E-state index contributed by atoms with van der Waals surface area (Å²) >= 11 is 0. The molecular formula is C28H29N5O4. The molecule has 190 valence electrons. The van der Waals surface area contributed by atoms with Gasteiger partial charge in [0, 0.05) is 49.5 Å². The summed E-state index contributed by atoms with van der Waals surface area (Å²) in [6.45, 7) is 4.50. The maximum atomic E-state index is 13.7. The number of ketones is 1. The van der Waals surface area contributed by atoms with Crippen LogP contribution in [-0.2, 0) is 20.7 Å². The van der Waals surface area contributed by atoms with E-state index in [4.69, 9.17) is 4.74 Å². The van der Waals surface area contributed by atoms with Crippen LogP contribution in [0.25, 0.3) is 11.3 Å². The van der Waals surface area contributed by atoms with Crippen molar-refractivity contribution in [3.05, 3.63) is 59.9 Å². The zero-order valence-corrected chi connectivity index (χ0v) is 20.8. The number of carbonyl (C=O) groups is 3. The van der Waals surface area contributed by atoms with Gasteiger partial charge in [0.25, 0.3) is 0 Å². The number of H-pyrrole nitrogens is 1. The minimum Gasteiger partial charge on any atom is -0.374 e. The van der Waals surface area contributed by atoms with E-state index in [1.54, 1.807) is 12.3 Å². The number of aromatic nitrogens is 2. The maximum absolute atomic E-state index is 13.7. The van der Waals surface area contributed by atoms with Gasteiger partial charge in [-0.1, -0.05) is 18.2 Å². The van der Waals surface area contributed by atoms with Crippen LogP contribution in [0.5, 0.6) is 0 Å². The molecule has 3 aliphatic rings. The van der Waals surface area contributed by atoms with Crippen molar-refractivity contribution in [1.29, 1.82) is 0 Å². The number of fused-ring (bicyclic) bond motifs is 3. The number of Topliss-reactive ketones (excluding diaryl/α,β-unsaturated/α-hetero) is 1. The second-order valence-electron chi connectivity index (χ2n) is 10.5. The number of aromatic amines is 1. The fourth-order valence-electron chi connectivity index (χ4n) is 5.88. The van der Waals surface area contributed by atoms with Crippen LogP contribution in [0.1, 0.15) is 42.7 Å². The summed E-state index contributed by atoms with van der Waals surface area (Å²) < 4.78 is 5.68. The molecule has 3 atom stereocenters. The van der Waals surface area contributed by atoms with Crippen molar-refractivity contribution >= 4 is 34.8 Å². The standard InChI is InChI=1S/C28H29N5O4/c1-16(34)30-23-10-17(8-9-29-23)25-26(31-18-6-4-3-5-7-18)24-21(32-25)12-28(2,13-22(24)35)27(36)33-14-20-11-19(33)15-37-20/h3-10,19-20,31-32H,11-15H2,1-2H3,(H,29,30,34). The number of nitrogens with one attached hydrogen (secondary N) is 3. The summed E-state index contributed by atoms with van der Waals surface area (Å²) in [7, 11) is 0. The summed E-state index contributed by atoms with van der Waals surface area (Å²) in [6, 6.07) is 13.3. The van der Waals surface area contributed by atoms with Crippen LogP contribution >= 0.6 is 0 Å². The van der Waals surface area contributed by atoms with Crippen LogP contribution in [0.4, 0.5) is 17.2 Å². The van der Waals surface area contributed by atoms with E-state index in [0.29, 0.717) is 42.3 Å². The predicted molar refractivity (Wildman–Crippen MR) is 139 cm³/mol. The topological polar surface area (TPSA) is 116 Å². The Morgan fingerprint density at radius 3 is 2.70 bits per heavy atom. The number of likely N-dealkylation sites (tertiary alicyclic amines) is 1. The van der Waals surface area contributed by atoms with Crippen molar-refractivity contribution < 1.29 is 19.1 Å². The number of anilines is 3. The number of para-hydroxylation sites is 1. The first-order valence-corrected chi connectivity index (χ1v) is 12.6. The number of nitrogens with zero attached hydrogens (tertiary/aromatic N) is 2. The van der Waals surface area contributed by atoms with E-state index in [-0.39, 0.29) is 36.2 Å². The van der Waals surface area contributed by atoms with Crippen LogP contribution in [-0.4, -0.2) is 57.8 Å². The molecule has 3 N–H and O–H groups in total. The Hall–Kier alpha value is -3.98. The van der Waals surface area contributed by atoms with Gasteiger partial charge in [0.05, 0.1) is 41.1 Å². The predicted octanol–water partition coefficient (Wildman–Crippen LogP) is 3.91. The van der Waals surface area contributed by atoms with Gasteiger partial charge >= 0.3 is 0 Å². The van der Waals surface area contributed by atoms with Crippen LogP contribution in [0, 0.1) is 5.41 Å². The maximum Gasteiger partial charge on any atom is 0.229 e. The number of hydrogen-bond donors (Lipinski definition) is 3. The molecule has 1 aromatic carbocycles. The smallest absolute Gasteiger partial charge is 0.229 e. The average Bonchev–Trinajstić information content (AvgIpc) is 3.59. The summed E-state index contributed by atoms with van der Waals surface area (Å²) in [5.41, 5.74) is 3.46. The SMILES string of the molecule is CC(=O)Nc1cc(-c2[nH]c3c(c2Nc2ccccc2)C(=O)CC(C)(C(=O)N2CC4CC2CO4)C3)ccn1. The molecule has 3 unspecified atom stereocenters. The van der Waals surface area contributed by atoms with Gasteiger partial charge in [-0.3, -0.25) is 14.4 Å². The van der Waals surface area contributed by atoms with Gasteiger partial charge in [-0.15, -0.1) is 0 Å². The van der Waals surface area contributed by atoms with Gasteiger partial charge in [-0.2, -0.15) is 0 Å². The number of ether oxygens (including phenoxy) is 1. The lowest BCUT2D eigenvalue weighted by molar-refractivity contribution is -0.146. The first kappa shape index (κ1) is 23.4. The van der Waals surface area contributed by atoms with Gasteiger partial charge in [0.2, 0.25) is 11.8 Å². The molecular weight excluding hydrogens is 470 g/mol. The van der Waals surface area contributed by atoms with E-state index in [1.165, 1.54) is 6.92 Å². The van der Waals surface area contributed by atoms with Crippen molar-refractivity contribution in [3.8, 4) is 11.3 Å². The fourth-order valence-corrected chi connectivity index (χ4v) is 5.88. The van der Waals surface area contributed by atoms with Crippen LogP contribution in [0.2, 0.25) is 0 Å². The molecule has 2 fully saturated rings. The number of amides is 2. The van der Waals surface area contributed by atoms with Crippen molar-refractivity contribution in [2.75, 3.05) is 23.8 Å². The Balaban J connectivity index is 1.40. The summed E-state index contributed by atoms with van der Waals surface area (Å²) in [5.74, 6) is 0.145. The van der Waals surface area contributed by atoms with E-state index >= 15 is 0 Å². The highest BCUT2D eigenvalue weighted by Crippen LogP contribution is 2.45. The number of rotatable bonds is 5. The van der Waals surface area contributed by atoms with E-state index in [9.17, 15) is 14.4 Å². The molecule has 1 aliphatic carbocycles. The van der Waals surface area contributed by atoms with Crippen LogP contribution in [0.3, 0.4) is 0 Å². The second kappa shape index (κ2) is 8.85. The lowest BCUT2D eigenvalue weighted by Gasteiger charge is -2.38. The quantitative estimate of drug-likeness (QED) is 0.490. The molecule has 0 saturated carbocycles. The summed E-state index contributed by atoms with van der Waals surface area (Å²) in [6.07, 6.45) is 3.16. The molecule has 9 heteroatoms. The van der Waals surface area contributed by atoms with Crippen molar-refractivity contribution in [2.45, 2.75) is 45.3 Å². The van der Waals surface area contributed by atoms with Gasteiger partial charge < -0.3 is 25.3 Å². The highest BCUT2D eigenvalue weighted by atomic mass is 16.5. The molecule has 2 saturated heterocycles. The van der Waals surface area contributed by atoms with Gasteiger partial charge in [-0.05, 0) is 37.6 Å². The molecule has 4 heterocycles. The zero-order valence-electron chi connectivity index (χ0n) is 20.8. The lowest BCUT2D eigenvalue weighted by Crippen LogP contribution is -2.51. The molecule has 2 bridgehead atoms. The molecule has 9 nitrogen and oxygen atoms in total. The molecule has 0 radical (unpaired) electrons. The number of morpholine rings is 1. The normalized spacial score (nSPS) is 24.2. The molecule has 6 rings (SSSR count). The minimum absolute atomic E-state index is 0.0212. The van der Waals surface area contributed by atoms with Crippen LogP contribution in [0.15, 0.2) is 48.7 Å². The minimum atomic E-state index is -0.833. The number of benzene rings is 1. The van der Waals surface area contributed by atoms with Crippen molar-refractivity contribution in [1.82, 2.24) is 14.9 Å². The van der Waals surface area contributed by atoms with E-state index in [2.05, 4.69) is 20.6 Å². The van der Waals surface area contributed by atoms with Crippen molar-refractivity contribution in [3.63, 3.8) is 0 Å². The molecule has 2 amide bonds. The lowest BCUT2D eigenvalue weighted by atomic mass is 9.73. The van der Waals surface area contributed by atoms with Gasteiger partial charge in [0.1, 0.15) is 5.82 Å². The Morgan fingerprint density at radius 2 is 2.00 bits per heavy atom. The van der Waals surface area contributed by atoms with E-state index in [1.807, 2.05) is 48.2 Å². The largest absolute Gasteiger partial charge is 0.374 e. The first-order chi connectivity index (χ1) is 17.8. The molecule has 0 spiro atoms. The fraction of sp³-hybridized carbons (Fsp3) is 0.357. The number of pyridine rings is 1. The number of carbonyl (C=O) groups excluding carboxylic acids is 3. The average molecular weight is 500 g/mol. The molecule has 2 aliphatic heterocycles. The second-order valence-corrected chi connectivity index (χ2v) is 10.5. The summed E-state index contributed by atoms with van der Waals surface area (Å²) in [5, 5.41) is 6.15. The Bertz CT molecular complexity index is 1400. The Morgan fingerprint density at radius 1 is 1.19 bits per heavy atom. The van der Waals surface area contributed by atoms with E-state index in [0.717, 1.165) is 23.4 Å². The molecule has 3 aromatic rings. The number of hydrogen-bond acceptors (Lipinski definition) is 6. The Labute approximate surface area is 214 Å². The third-order valence-corrected chi connectivity index (χ3v) is 7.55.